The van der Waals surface area contributed by atoms with E-state index in [0.717, 1.165) is 54.3 Å². The van der Waals surface area contributed by atoms with Gasteiger partial charge < -0.3 is 32.0 Å². The molecule has 3 rings (SSSR count). The number of fused-ring (bicyclic) bond motifs is 1. The highest BCUT2D eigenvalue weighted by molar-refractivity contribution is 8.00. The number of nitrogens with zero attached hydrogens (tertiary/aromatic N) is 3. The lowest BCUT2D eigenvalue weighted by Gasteiger charge is -2.49. The van der Waals surface area contributed by atoms with Crippen molar-refractivity contribution in [1.82, 2.24) is 25.8 Å². The number of allylic oxidation sites excluding steroid dienone is 1. The fraction of sp³-hybridized carbons (Fsp3) is 0.542. The minimum atomic E-state index is -1.24. The fourth-order valence-corrected chi connectivity index (χ4v) is 5.46. The molecule has 2 atom stereocenters. The molecule has 1 aromatic rings. The molecule has 1 saturated heterocycles. The predicted octanol–water partition coefficient (Wildman–Crippen LogP) is 1.31. The van der Waals surface area contributed by atoms with Gasteiger partial charge in [0.05, 0.1) is 0 Å². The second-order valence-electron chi connectivity index (χ2n) is 9.46. The molecule has 0 spiro atoms. The molecule has 0 radical (unpaired) electrons. The van der Waals surface area contributed by atoms with Gasteiger partial charge in [-0.3, -0.25) is 14.5 Å². The van der Waals surface area contributed by atoms with Gasteiger partial charge in [0, 0.05) is 24.2 Å². The monoisotopic (exact) mass is 567 g/mol. The number of nitrogen functional groups attached to an aromatic ring is 1. The molecule has 0 bridgehead atoms. The van der Waals surface area contributed by atoms with Crippen LogP contribution in [0.2, 0.25) is 0 Å². The summed E-state index contributed by atoms with van der Waals surface area (Å²) in [6.07, 6.45) is 1.40. The van der Waals surface area contributed by atoms with Crippen LogP contribution < -0.4 is 21.7 Å². The number of carboxylic acid groups (broad SMARTS) is 1. The Morgan fingerprint density at radius 2 is 1.87 bits per heavy atom. The first kappa shape index (κ1) is 31.3. The topological polar surface area (TPSA) is 182 Å². The average Bonchev–Trinajstić information content (AvgIpc) is 3.29. The number of thiazole rings is 1. The van der Waals surface area contributed by atoms with Crippen LogP contribution in [0.1, 0.15) is 33.4 Å². The second-order valence-corrected chi connectivity index (χ2v) is 11.5. The number of hydrogen-bond acceptors (Lipinski definition) is 11. The van der Waals surface area contributed by atoms with E-state index in [9.17, 15) is 19.5 Å². The Morgan fingerprint density at radius 1 is 1.26 bits per heavy atom. The number of thioether (sulfide) groups is 1. The lowest BCUT2D eigenvalue weighted by atomic mass is 10.0. The van der Waals surface area contributed by atoms with Crippen molar-refractivity contribution in [3.63, 3.8) is 0 Å². The SMILES string of the molecule is C=CC1=C(C(=O)O)N2C(=O)[C@@H](NC(=O)/C(=N\O)c3csc(N)n3)[C@H]2SC1.CC(C)CNCCNCC(C)C. The molecule has 7 N–H and O–H groups in total. The maximum Gasteiger partial charge on any atom is 0.352 e. The van der Waals surface area contributed by atoms with Gasteiger partial charge in [0.2, 0.25) is 0 Å². The summed E-state index contributed by atoms with van der Waals surface area (Å²) in [6.45, 7) is 16.9. The molecule has 210 valence electrons. The summed E-state index contributed by atoms with van der Waals surface area (Å²) in [5, 5.41) is 31.7. The Bertz CT molecular complexity index is 1060. The van der Waals surface area contributed by atoms with Gasteiger partial charge in [-0.25, -0.2) is 9.78 Å². The number of rotatable bonds is 12. The van der Waals surface area contributed by atoms with Gasteiger partial charge in [0.1, 0.15) is 22.8 Å². The minimum absolute atomic E-state index is 0.0764. The Morgan fingerprint density at radius 3 is 2.32 bits per heavy atom. The lowest BCUT2D eigenvalue weighted by Crippen LogP contribution is -2.71. The second kappa shape index (κ2) is 14.9. The van der Waals surface area contributed by atoms with Crippen molar-refractivity contribution in [2.75, 3.05) is 37.7 Å². The zero-order chi connectivity index (χ0) is 28.4. The highest BCUT2D eigenvalue weighted by Crippen LogP contribution is 2.40. The van der Waals surface area contributed by atoms with E-state index < -0.39 is 29.2 Å². The molecule has 12 nitrogen and oxygen atoms in total. The van der Waals surface area contributed by atoms with Crippen molar-refractivity contribution in [2.24, 2.45) is 17.0 Å². The number of aliphatic carboxylic acids is 1. The Balaban J connectivity index is 0.000000358. The van der Waals surface area contributed by atoms with Gasteiger partial charge in [-0.2, -0.15) is 0 Å². The fourth-order valence-electron chi connectivity index (χ4n) is 3.58. The van der Waals surface area contributed by atoms with E-state index >= 15 is 0 Å². The summed E-state index contributed by atoms with van der Waals surface area (Å²) in [6, 6.07) is -0.944. The van der Waals surface area contributed by atoms with Gasteiger partial charge in [0.15, 0.2) is 10.8 Å². The van der Waals surface area contributed by atoms with Crippen LogP contribution in [-0.2, 0) is 14.4 Å². The van der Waals surface area contributed by atoms with E-state index in [-0.39, 0.29) is 22.2 Å². The van der Waals surface area contributed by atoms with Crippen molar-refractivity contribution in [3.05, 3.63) is 35.0 Å². The van der Waals surface area contributed by atoms with Gasteiger partial charge in [-0.05, 0) is 30.5 Å². The first-order chi connectivity index (χ1) is 18.0. The number of anilines is 1. The van der Waals surface area contributed by atoms with Crippen LogP contribution in [0.4, 0.5) is 5.13 Å². The molecule has 2 amide bonds. The van der Waals surface area contributed by atoms with Gasteiger partial charge in [-0.15, -0.1) is 23.1 Å². The number of nitrogens with one attached hydrogen (secondary N) is 3. The number of carbonyl (C=O) groups excluding carboxylic acids is 2. The molecular weight excluding hydrogens is 530 g/mol. The maximum absolute atomic E-state index is 12.4. The summed E-state index contributed by atoms with van der Waals surface area (Å²) in [5.74, 6) is -0.756. The molecule has 14 heteroatoms. The summed E-state index contributed by atoms with van der Waals surface area (Å²) in [7, 11) is 0. The first-order valence-electron chi connectivity index (χ1n) is 12.2. The number of hydrogen-bond donors (Lipinski definition) is 6. The van der Waals surface area contributed by atoms with Crippen LogP contribution in [0, 0.1) is 11.8 Å². The van der Waals surface area contributed by atoms with Crippen LogP contribution in [-0.4, -0.2) is 87.0 Å². The van der Waals surface area contributed by atoms with Crippen LogP contribution in [0.25, 0.3) is 0 Å². The number of amides is 2. The first-order valence-corrected chi connectivity index (χ1v) is 14.1. The van der Waals surface area contributed by atoms with Crippen molar-refractivity contribution in [1.29, 1.82) is 0 Å². The molecule has 1 aromatic heterocycles. The Hall–Kier alpha value is -2.94. The number of carbonyl (C=O) groups is 3. The largest absolute Gasteiger partial charge is 0.477 e. The van der Waals surface area contributed by atoms with Gasteiger partial charge >= 0.3 is 5.97 Å². The smallest absolute Gasteiger partial charge is 0.352 e. The molecule has 3 heterocycles. The molecule has 38 heavy (non-hydrogen) atoms. The average molecular weight is 568 g/mol. The van der Waals surface area contributed by atoms with Crippen molar-refractivity contribution in [2.45, 2.75) is 39.1 Å². The molecule has 0 unspecified atom stereocenters. The molecule has 0 saturated carbocycles. The van der Waals surface area contributed by atoms with Crippen molar-refractivity contribution >= 4 is 51.7 Å². The highest BCUT2D eigenvalue weighted by Gasteiger charge is 2.54. The third-order valence-corrected chi connectivity index (χ3v) is 7.37. The van der Waals surface area contributed by atoms with E-state index in [1.54, 1.807) is 0 Å². The third kappa shape index (κ3) is 8.28. The zero-order valence-corrected chi connectivity index (χ0v) is 23.7. The highest BCUT2D eigenvalue weighted by atomic mass is 32.2. The quantitative estimate of drug-likeness (QED) is 0.0708. The number of oxime groups is 1. The zero-order valence-electron chi connectivity index (χ0n) is 22.1. The molecule has 0 aromatic carbocycles. The van der Waals surface area contributed by atoms with Crippen LogP contribution >= 0.6 is 23.1 Å². The van der Waals surface area contributed by atoms with Gasteiger partial charge in [0.25, 0.3) is 11.8 Å². The molecule has 0 aliphatic carbocycles. The Labute approximate surface area is 230 Å². The van der Waals surface area contributed by atoms with Crippen LogP contribution in [0.3, 0.4) is 0 Å². The molecule has 2 aliphatic rings. The Kier molecular flexibility index (Phi) is 12.2. The van der Waals surface area contributed by atoms with E-state index in [4.69, 9.17) is 10.9 Å². The normalized spacial score (nSPS) is 19.1. The summed E-state index contributed by atoms with van der Waals surface area (Å²) in [4.78, 5) is 41.2. The third-order valence-electron chi connectivity index (χ3n) is 5.40. The van der Waals surface area contributed by atoms with Crippen LogP contribution in [0.15, 0.2) is 34.5 Å². The number of nitrogens with two attached hydrogens (primary N) is 1. The van der Waals surface area contributed by atoms with E-state index in [1.807, 2.05) is 0 Å². The standard InChI is InChI=1S/C14H13N5O5S2.C10H24N2/c1-2-5-3-25-12-8(11(21)19(12)9(5)13(22)23)17-10(20)7(18-24)6-4-26-14(15)16-6;1-9(2)7-11-5-6-12-8-10(3)4/h2,4,8,12,24H,1,3H2,(H2,15,16)(H,17,20)(H,22,23);9-12H,5-8H2,1-4H3/b18-7-;/t8-,12-;/m1./s1. The molecule has 2 aliphatic heterocycles. The molecule has 1 fully saturated rings. The molecular formula is C24H37N7O5S2. The lowest BCUT2D eigenvalue weighted by molar-refractivity contribution is -0.150. The minimum Gasteiger partial charge on any atom is -0.477 e. The van der Waals surface area contributed by atoms with E-state index in [0.29, 0.717) is 11.3 Å². The number of carboxylic acids is 1. The summed E-state index contributed by atoms with van der Waals surface area (Å²) < 4.78 is 0. The summed E-state index contributed by atoms with van der Waals surface area (Å²) in [5.41, 5.74) is 5.49. The number of aromatic nitrogens is 1. The predicted molar refractivity (Wildman–Crippen MR) is 150 cm³/mol. The van der Waals surface area contributed by atoms with Crippen molar-refractivity contribution < 1.29 is 24.7 Å². The van der Waals surface area contributed by atoms with Gasteiger partial charge in [-0.1, -0.05) is 45.5 Å². The number of β-lactam (4-membered cyclic amide) rings is 1. The van der Waals surface area contributed by atoms with E-state index in [2.05, 4.69) is 60.4 Å². The van der Waals surface area contributed by atoms with E-state index in [1.165, 1.54) is 23.2 Å². The van der Waals surface area contributed by atoms with Crippen LogP contribution in [0.5, 0.6) is 0 Å². The maximum atomic E-state index is 12.4. The van der Waals surface area contributed by atoms with Crippen molar-refractivity contribution in [3.8, 4) is 0 Å². The summed E-state index contributed by atoms with van der Waals surface area (Å²) >= 11 is 2.37.